The summed E-state index contributed by atoms with van der Waals surface area (Å²) in [6.45, 7) is 7.13. The normalized spacial score (nSPS) is 14.3. The Morgan fingerprint density at radius 3 is 2.11 bits per heavy atom. The van der Waals surface area contributed by atoms with Gasteiger partial charge in [-0.2, -0.15) is 0 Å². The van der Waals surface area contributed by atoms with E-state index in [1.165, 1.54) is 0 Å². The van der Waals surface area contributed by atoms with Crippen LogP contribution in [0.2, 0.25) is 0 Å². The second-order valence-electron chi connectivity index (χ2n) is 9.57. The fourth-order valence-electron chi connectivity index (χ4n) is 4.04. The van der Waals surface area contributed by atoms with Crippen molar-refractivity contribution in [1.82, 2.24) is 14.9 Å². The number of benzene rings is 2. The lowest BCUT2D eigenvalue weighted by atomic mass is 10.0. The molecule has 1 N–H and O–H groups in total. The zero-order chi connectivity index (χ0) is 24.8. The summed E-state index contributed by atoms with van der Waals surface area (Å²) in [6.07, 6.45) is 5.24. The van der Waals surface area contributed by atoms with Gasteiger partial charge in [-0.3, -0.25) is 9.97 Å². The van der Waals surface area contributed by atoms with Crippen LogP contribution in [0.15, 0.2) is 77.5 Å². The number of aromatic nitrogens is 2. The van der Waals surface area contributed by atoms with E-state index in [1.807, 2.05) is 81.6 Å². The minimum absolute atomic E-state index is 0.213. The molecule has 6 nitrogen and oxygen atoms in total. The van der Waals surface area contributed by atoms with Crippen LogP contribution in [0.1, 0.15) is 33.6 Å². The van der Waals surface area contributed by atoms with E-state index in [-0.39, 0.29) is 6.09 Å². The molecule has 0 aliphatic carbocycles. The molecule has 0 spiro atoms. The SMILES string of the molecule is Brc1ccnc2ccccc12.CC(C)(C)OC(=O)N1CCC(Nc2ccnc3ccccc23)CC1. The maximum atomic E-state index is 12.1. The van der Waals surface area contributed by atoms with Crippen LogP contribution in [-0.2, 0) is 4.74 Å². The number of nitrogens with one attached hydrogen (secondary N) is 1. The molecule has 2 aromatic heterocycles. The van der Waals surface area contributed by atoms with Crippen LogP contribution in [0.4, 0.5) is 10.5 Å². The van der Waals surface area contributed by atoms with Gasteiger partial charge in [-0.1, -0.05) is 52.3 Å². The number of likely N-dealkylation sites (tertiary alicyclic amines) is 1. The summed E-state index contributed by atoms with van der Waals surface area (Å²) in [7, 11) is 0. The van der Waals surface area contributed by atoms with Gasteiger partial charge in [-0.05, 0) is 57.9 Å². The zero-order valence-electron chi connectivity index (χ0n) is 20.4. The van der Waals surface area contributed by atoms with Crippen molar-refractivity contribution in [2.45, 2.75) is 45.3 Å². The first-order valence-electron chi connectivity index (χ1n) is 11.9. The zero-order valence-corrected chi connectivity index (χ0v) is 22.0. The number of carbonyl (C=O) groups is 1. The molecular formula is C28H31BrN4O2. The summed E-state index contributed by atoms with van der Waals surface area (Å²) in [4.78, 5) is 22.5. The predicted molar refractivity (Wildman–Crippen MR) is 146 cm³/mol. The van der Waals surface area contributed by atoms with Gasteiger partial charge in [-0.25, -0.2) is 4.79 Å². The van der Waals surface area contributed by atoms with Crippen molar-refractivity contribution in [2.75, 3.05) is 18.4 Å². The van der Waals surface area contributed by atoms with E-state index >= 15 is 0 Å². The molecule has 0 bridgehead atoms. The summed E-state index contributed by atoms with van der Waals surface area (Å²) >= 11 is 3.46. The molecule has 182 valence electrons. The summed E-state index contributed by atoms with van der Waals surface area (Å²) in [5.74, 6) is 0. The van der Waals surface area contributed by atoms with Gasteiger partial charge < -0.3 is 15.0 Å². The molecular weight excluding hydrogens is 504 g/mol. The van der Waals surface area contributed by atoms with Crippen LogP contribution in [-0.4, -0.2) is 45.7 Å². The Kier molecular flexibility index (Phi) is 7.86. The Labute approximate surface area is 214 Å². The highest BCUT2D eigenvalue weighted by Gasteiger charge is 2.26. The molecule has 3 heterocycles. The lowest BCUT2D eigenvalue weighted by Crippen LogP contribution is -2.44. The quantitative estimate of drug-likeness (QED) is 0.298. The molecule has 1 aliphatic heterocycles. The van der Waals surface area contributed by atoms with Crippen LogP contribution in [0.3, 0.4) is 0 Å². The number of nitrogens with zero attached hydrogens (tertiary/aromatic N) is 3. The summed E-state index contributed by atoms with van der Waals surface area (Å²) < 4.78 is 6.55. The number of fused-ring (bicyclic) bond motifs is 2. The van der Waals surface area contributed by atoms with Gasteiger partial charge in [0, 0.05) is 52.5 Å². The topological polar surface area (TPSA) is 67.3 Å². The number of ether oxygens (including phenoxy) is 1. The van der Waals surface area contributed by atoms with Crippen molar-refractivity contribution in [1.29, 1.82) is 0 Å². The van der Waals surface area contributed by atoms with Crippen LogP contribution in [0.25, 0.3) is 21.8 Å². The first-order chi connectivity index (χ1) is 16.8. The number of para-hydroxylation sites is 2. The number of pyridine rings is 2. The van der Waals surface area contributed by atoms with E-state index in [0.717, 1.165) is 57.9 Å². The molecule has 35 heavy (non-hydrogen) atoms. The Bertz CT molecular complexity index is 1290. The van der Waals surface area contributed by atoms with E-state index in [9.17, 15) is 4.79 Å². The summed E-state index contributed by atoms with van der Waals surface area (Å²) in [6, 6.07) is 20.5. The van der Waals surface area contributed by atoms with Gasteiger partial charge >= 0.3 is 6.09 Å². The smallest absolute Gasteiger partial charge is 0.410 e. The summed E-state index contributed by atoms with van der Waals surface area (Å²) in [5, 5.41) is 5.91. The molecule has 4 aromatic rings. The van der Waals surface area contributed by atoms with Crippen LogP contribution < -0.4 is 5.32 Å². The van der Waals surface area contributed by atoms with E-state index in [4.69, 9.17) is 4.74 Å². The maximum absolute atomic E-state index is 12.1. The second kappa shape index (κ2) is 11.0. The van der Waals surface area contributed by atoms with Crippen LogP contribution >= 0.6 is 15.9 Å². The van der Waals surface area contributed by atoms with Gasteiger partial charge in [0.15, 0.2) is 0 Å². The minimum atomic E-state index is -0.442. The molecule has 0 saturated carbocycles. The molecule has 0 atom stereocenters. The van der Waals surface area contributed by atoms with E-state index in [0.29, 0.717) is 6.04 Å². The standard InChI is InChI=1S/C19H25N3O2.C9H6BrN/c1-19(2,3)24-18(23)22-12-9-14(10-13-22)21-17-8-11-20-16-7-5-4-6-15(16)17;10-8-5-6-11-9-4-2-1-3-7(8)9/h4-8,11,14H,9-10,12-13H2,1-3H3,(H,20,21);1-6H. The minimum Gasteiger partial charge on any atom is -0.444 e. The van der Waals surface area contributed by atoms with Crippen molar-refractivity contribution in [3.63, 3.8) is 0 Å². The molecule has 1 saturated heterocycles. The molecule has 0 radical (unpaired) electrons. The first-order valence-corrected chi connectivity index (χ1v) is 12.7. The highest BCUT2D eigenvalue weighted by molar-refractivity contribution is 9.10. The van der Waals surface area contributed by atoms with E-state index in [2.05, 4.69) is 37.3 Å². The number of halogens is 1. The predicted octanol–water partition coefficient (Wildman–Crippen LogP) is 7.04. The third-order valence-electron chi connectivity index (χ3n) is 5.75. The number of carbonyl (C=O) groups excluding carboxylic acids is 1. The highest BCUT2D eigenvalue weighted by atomic mass is 79.9. The van der Waals surface area contributed by atoms with E-state index in [1.54, 1.807) is 11.1 Å². The monoisotopic (exact) mass is 534 g/mol. The number of hydrogen-bond donors (Lipinski definition) is 1. The lowest BCUT2D eigenvalue weighted by Gasteiger charge is -2.34. The Morgan fingerprint density at radius 2 is 1.49 bits per heavy atom. The van der Waals surface area contributed by atoms with E-state index < -0.39 is 5.60 Å². The molecule has 2 aromatic carbocycles. The largest absolute Gasteiger partial charge is 0.444 e. The number of rotatable bonds is 2. The third kappa shape index (κ3) is 6.69. The lowest BCUT2D eigenvalue weighted by molar-refractivity contribution is 0.0210. The van der Waals surface area contributed by atoms with Gasteiger partial charge in [0.25, 0.3) is 0 Å². The average molecular weight is 535 g/mol. The summed E-state index contributed by atoms with van der Waals surface area (Å²) in [5.41, 5.74) is 2.69. The van der Waals surface area contributed by atoms with Gasteiger partial charge in [0.1, 0.15) is 5.60 Å². The van der Waals surface area contributed by atoms with Gasteiger partial charge in [0.2, 0.25) is 0 Å². The van der Waals surface area contributed by atoms with Gasteiger partial charge in [0.05, 0.1) is 11.0 Å². The molecule has 7 heteroatoms. The van der Waals surface area contributed by atoms with Crippen LogP contribution in [0, 0.1) is 0 Å². The highest BCUT2D eigenvalue weighted by Crippen LogP contribution is 2.25. The molecule has 5 rings (SSSR count). The van der Waals surface area contributed by atoms with Gasteiger partial charge in [-0.15, -0.1) is 0 Å². The van der Waals surface area contributed by atoms with Crippen molar-refractivity contribution >= 4 is 49.5 Å². The fourth-order valence-corrected chi connectivity index (χ4v) is 4.49. The number of anilines is 1. The first kappa shape index (κ1) is 24.9. The Hall–Kier alpha value is -3.19. The van der Waals surface area contributed by atoms with Crippen molar-refractivity contribution in [2.24, 2.45) is 0 Å². The van der Waals surface area contributed by atoms with Crippen molar-refractivity contribution in [3.05, 3.63) is 77.5 Å². The molecule has 1 fully saturated rings. The fraction of sp³-hybridized carbons (Fsp3) is 0.321. The molecule has 1 amide bonds. The van der Waals surface area contributed by atoms with Crippen molar-refractivity contribution in [3.8, 4) is 0 Å². The third-order valence-corrected chi connectivity index (χ3v) is 6.44. The average Bonchev–Trinajstić information content (AvgIpc) is 2.84. The maximum Gasteiger partial charge on any atom is 0.410 e. The molecule has 1 aliphatic rings. The second-order valence-corrected chi connectivity index (χ2v) is 10.4. The number of hydrogen-bond acceptors (Lipinski definition) is 5. The number of amides is 1. The van der Waals surface area contributed by atoms with Crippen molar-refractivity contribution < 1.29 is 9.53 Å². The molecule has 0 unspecified atom stereocenters. The Morgan fingerprint density at radius 1 is 0.914 bits per heavy atom. The Balaban J connectivity index is 0.000000218. The van der Waals surface area contributed by atoms with Crippen LogP contribution in [0.5, 0.6) is 0 Å². The number of piperidine rings is 1.